The third kappa shape index (κ3) is 3.88. The number of aromatic nitrogens is 1. The summed E-state index contributed by atoms with van der Waals surface area (Å²) in [5.74, 6) is -1.03. The summed E-state index contributed by atoms with van der Waals surface area (Å²) >= 11 is 0. The number of nitrogens with zero attached hydrogens (tertiary/aromatic N) is 1. The molecule has 3 N–H and O–H groups in total. The number of aliphatic carboxylic acids is 1. The van der Waals surface area contributed by atoms with E-state index in [-0.39, 0.29) is 19.6 Å². The lowest BCUT2D eigenvalue weighted by atomic mass is 9.99. The summed E-state index contributed by atoms with van der Waals surface area (Å²) in [4.78, 5) is 15.2. The smallest absolute Gasteiger partial charge is 0.307 e. The second-order valence-corrected chi connectivity index (χ2v) is 6.77. The van der Waals surface area contributed by atoms with E-state index in [2.05, 4.69) is 4.98 Å². The van der Waals surface area contributed by atoms with Crippen LogP contribution >= 0.6 is 0 Å². The molecule has 0 fully saturated rings. The Bertz CT molecular complexity index is 1220. The van der Waals surface area contributed by atoms with Crippen molar-refractivity contribution in [3.05, 3.63) is 83.6 Å². The van der Waals surface area contributed by atoms with Gasteiger partial charge in [0.05, 0.1) is 23.9 Å². The van der Waals surface area contributed by atoms with Crippen molar-refractivity contribution in [3.8, 4) is 16.9 Å². The Labute approximate surface area is 171 Å². The van der Waals surface area contributed by atoms with Gasteiger partial charge in [-0.15, -0.1) is 0 Å². The van der Waals surface area contributed by atoms with Crippen molar-refractivity contribution in [2.45, 2.75) is 19.6 Å². The van der Waals surface area contributed by atoms with Crippen molar-refractivity contribution in [1.82, 2.24) is 4.98 Å². The molecular formula is C23H19FN2O4. The first-order chi connectivity index (χ1) is 14.6. The molecule has 0 amide bonds. The zero-order valence-electron chi connectivity index (χ0n) is 16.0. The average molecular weight is 406 g/mol. The molecule has 0 bridgehead atoms. The van der Waals surface area contributed by atoms with E-state index in [0.29, 0.717) is 39.3 Å². The van der Waals surface area contributed by atoms with Gasteiger partial charge in [0.2, 0.25) is 0 Å². The Morgan fingerprint density at radius 2 is 2.00 bits per heavy atom. The molecule has 0 saturated carbocycles. The minimum atomic E-state index is -0.965. The summed E-state index contributed by atoms with van der Waals surface area (Å²) in [5, 5.41) is 9.81. The summed E-state index contributed by atoms with van der Waals surface area (Å²) < 4.78 is 26.9. The highest BCUT2D eigenvalue weighted by atomic mass is 19.1. The first kappa shape index (κ1) is 19.6. The number of nitrogens with two attached hydrogens (primary N) is 1. The molecular weight excluding hydrogens is 387 g/mol. The van der Waals surface area contributed by atoms with Gasteiger partial charge in [0.1, 0.15) is 23.8 Å². The van der Waals surface area contributed by atoms with Crippen molar-refractivity contribution >= 4 is 16.9 Å². The molecule has 152 valence electrons. The summed E-state index contributed by atoms with van der Waals surface area (Å²) in [7, 11) is 0. The van der Waals surface area contributed by atoms with E-state index < -0.39 is 11.8 Å². The average Bonchev–Trinajstić information content (AvgIpc) is 3.20. The third-order valence-electron chi connectivity index (χ3n) is 4.77. The van der Waals surface area contributed by atoms with Crippen molar-refractivity contribution in [1.29, 1.82) is 0 Å². The summed E-state index contributed by atoms with van der Waals surface area (Å²) in [5.41, 5.74) is 8.51. The van der Waals surface area contributed by atoms with Crippen LogP contribution in [0.15, 0.2) is 65.4 Å². The number of para-hydroxylation sites is 1. The molecule has 0 aliphatic carbocycles. The van der Waals surface area contributed by atoms with Gasteiger partial charge in [-0.2, -0.15) is 0 Å². The van der Waals surface area contributed by atoms with Crippen molar-refractivity contribution in [3.63, 3.8) is 0 Å². The maximum absolute atomic E-state index is 15.5. The van der Waals surface area contributed by atoms with E-state index >= 15 is 4.39 Å². The lowest BCUT2D eigenvalue weighted by Gasteiger charge is -2.13. The van der Waals surface area contributed by atoms with Gasteiger partial charge in [0.25, 0.3) is 0 Å². The molecule has 0 unspecified atom stereocenters. The molecule has 6 nitrogen and oxygen atoms in total. The number of carbonyl (C=O) groups is 1. The predicted molar refractivity (Wildman–Crippen MR) is 109 cm³/mol. The van der Waals surface area contributed by atoms with Crippen molar-refractivity contribution in [2.24, 2.45) is 5.73 Å². The molecule has 2 aromatic carbocycles. The number of benzene rings is 2. The number of halogens is 1. The monoisotopic (exact) mass is 406 g/mol. The molecule has 7 heteroatoms. The van der Waals surface area contributed by atoms with Crippen LogP contribution in [0.3, 0.4) is 0 Å². The predicted octanol–water partition coefficient (Wildman–Crippen LogP) is 4.30. The van der Waals surface area contributed by atoms with E-state index in [4.69, 9.17) is 20.0 Å². The second-order valence-electron chi connectivity index (χ2n) is 6.77. The minimum Gasteiger partial charge on any atom is -0.488 e. The standard InChI is InChI=1S/C23H19FN2O4/c24-22-17(13-30-19-4-2-1-3-14(19)11-20(27)28)9-16-6-8-29-23(16)21(22)15-5-7-26-18(10-15)12-25/h1-10H,11-13,25H2,(H,27,28). The number of hydrogen-bond acceptors (Lipinski definition) is 5. The fourth-order valence-electron chi connectivity index (χ4n) is 3.36. The van der Waals surface area contributed by atoms with E-state index in [0.717, 1.165) is 5.39 Å². The first-order valence-electron chi connectivity index (χ1n) is 9.33. The summed E-state index contributed by atoms with van der Waals surface area (Å²) in [6.45, 7) is 0.172. The molecule has 2 heterocycles. The van der Waals surface area contributed by atoms with Crippen molar-refractivity contribution in [2.75, 3.05) is 0 Å². The Morgan fingerprint density at radius 1 is 1.17 bits per heavy atom. The molecule has 2 aromatic heterocycles. The van der Waals surface area contributed by atoms with Crippen LogP contribution in [0.4, 0.5) is 4.39 Å². The molecule has 0 atom stereocenters. The summed E-state index contributed by atoms with van der Waals surface area (Å²) in [6.07, 6.45) is 2.91. The topological polar surface area (TPSA) is 98.6 Å². The Balaban J connectivity index is 1.73. The van der Waals surface area contributed by atoms with Crippen LogP contribution in [0.25, 0.3) is 22.1 Å². The fourth-order valence-corrected chi connectivity index (χ4v) is 3.36. The molecule has 0 aliphatic heterocycles. The highest BCUT2D eigenvalue weighted by Crippen LogP contribution is 2.35. The zero-order chi connectivity index (χ0) is 21.1. The lowest BCUT2D eigenvalue weighted by Crippen LogP contribution is -2.05. The molecule has 4 aromatic rings. The number of furan rings is 1. The Morgan fingerprint density at radius 3 is 2.80 bits per heavy atom. The highest BCUT2D eigenvalue weighted by Gasteiger charge is 2.19. The molecule has 0 radical (unpaired) electrons. The normalized spacial score (nSPS) is 11.0. The van der Waals surface area contributed by atoms with Gasteiger partial charge < -0.3 is 20.0 Å². The number of pyridine rings is 1. The maximum Gasteiger partial charge on any atom is 0.307 e. The number of carboxylic acids is 1. The first-order valence-corrected chi connectivity index (χ1v) is 9.33. The van der Waals surface area contributed by atoms with Crippen LogP contribution in [0.1, 0.15) is 16.8 Å². The molecule has 0 spiro atoms. The minimum absolute atomic E-state index is 0.0641. The second kappa shape index (κ2) is 8.34. The van der Waals surface area contributed by atoms with Crippen LogP contribution < -0.4 is 10.5 Å². The number of rotatable bonds is 7. The molecule has 0 saturated heterocycles. The van der Waals surface area contributed by atoms with E-state index in [1.165, 1.54) is 6.26 Å². The SMILES string of the molecule is NCc1cc(-c2c(F)c(COc3ccccc3CC(=O)O)cc3ccoc23)ccn1. The van der Waals surface area contributed by atoms with Crippen LogP contribution in [0.2, 0.25) is 0 Å². The van der Waals surface area contributed by atoms with Gasteiger partial charge >= 0.3 is 5.97 Å². The van der Waals surface area contributed by atoms with Crippen LogP contribution in [0.5, 0.6) is 5.75 Å². The van der Waals surface area contributed by atoms with Gasteiger partial charge in [-0.1, -0.05) is 18.2 Å². The van der Waals surface area contributed by atoms with Gasteiger partial charge in [0.15, 0.2) is 0 Å². The van der Waals surface area contributed by atoms with Gasteiger partial charge in [0, 0.05) is 29.3 Å². The van der Waals surface area contributed by atoms with E-state index in [1.54, 1.807) is 54.7 Å². The Hall–Kier alpha value is -3.71. The van der Waals surface area contributed by atoms with Gasteiger partial charge in [-0.3, -0.25) is 9.78 Å². The maximum atomic E-state index is 15.5. The highest BCUT2D eigenvalue weighted by molar-refractivity contribution is 5.93. The largest absolute Gasteiger partial charge is 0.488 e. The van der Waals surface area contributed by atoms with Crippen LogP contribution in [-0.4, -0.2) is 16.1 Å². The lowest BCUT2D eigenvalue weighted by molar-refractivity contribution is -0.136. The quantitative estimate of drug-likeness (QED) is 0.475. The number of fused-ring (bicyclic) bond motifs is 1. The van der Waals surface area contributed by atoms with E-state index in [1.807, 2.05) is 0 Å². The number of ether oxygens (including phenoxy) is 1. The third-order valence-corrected chi connectivity index (χ3v) is 4.77. The van der Waals surface area contributed by atoms with E-state index in [9.17, 15) is 4.79 Å². The fraction of sp³-hybridized carbons (Fsp3) is 0.130. The van der Waals surface area contributed by atoms with Crippen molar-refractivity contribution < 1.29 is 23.4 Å². The summed E-state index contributed by atoms with van der Waals surface area (Å²) in [6, 6.07) is 13.7. The van der Waals surface area contributed by atoms with Crippen LogP contribution in [-0.2, 0) is 24.4 Å². The van der Waals surface area contributed by atoms with Gasteiger partial charge in [-0.25, -0.2) is 4.39 Å². The molecule has 30 heavy (non-hydrogen) atoms. The zero-order valence-corrected chi connectivity index (χ0v) is 16.0. The Kier molecular flexibility index (Phi) is 5.45. The molecule has 4 rings (SSSR count). The number of hydrogen-bond donors (Lipinski definition) is 2. The molecule has 0 aliphatic rings. The van der Waals surface area contributed by atoms with Gasteiger partial charge in [-0.05, 0) is 35.9 Å². The van der Waals surface area contributed by atoms with Crippen LogP contribution in [0, 0.1) is 5.82 Å². The number of carboxylic acid groups (broad SMARTS) is 1.